The van der Waals surface area contributed by atoms with Crippen LogP contribution >= 0.6 is 0 Å². The molecule has 3 rings (SSSR count). The molecule has 0 saturated heterocycles. The van der Waals surface area contributed by atoms with Gasteiger partial charge in [-0.2, -0.15) is 0 Å². The summed E-state index contributed by atoms with van der Waals surface area (Å²) in [4.78, 5) is 12.0. The van der Waals surface area contributed by atoms with Crippen LogP contribution in [0.15, 0.2) is 42.5 Å². The highest BCUT2D eigenvalue weighted by Crippen LogP contribution is 2.15. The van der Waals surface area contributed by atoms with Crippen LogP contribution in [-0.4, -0.2) is 32.8 Å². The van der Waals surface area contributed by atoms with Crippen LogP contribution in [0, 0.1) is 0 Å². The number of nitrogens with one attached hydrogen (secondary N) is 2. The average molecular weight is 324 g/mol. The Morgan fingerprint density at radius 1 is 1.21 bits per heavy atom. The molecule has 0 unspecified atom stereocenters. The molecule has 2 amide bonds. The van der Waals surface area contributed by atoms with Crippen molar-refractivity contribution >= 4 is 16.8 Å². The Labute approximate surface area is 140 Å². The zero-order valence-corrected chi connectivity index (χ0v) is 13.7. The van der Waals surface area contributed by atoms with E-state index in [-0.39, 0.29) is 12.1 Å². The first-order valence-corrected chi connectivity index (χ1v) is 7.88. The fourth-order valence-electron chi connectivity index (χ4n) is 2.63. The fourth-order valence-corrected chi connectivity index (χ4v) is 2.63. The highest BCUT2D eigenvalue weighted by molar-refractivity contribution is 5.83. The molecule has 0 aliphatic carbocycles. The van der Waals surface area contributed by atoms with Gasteiger partial charge in [0, 0.05) is 13.6 Å². The first-order chi connectivity index (χ1) is 11.6. The number of aromatic nitrogens is 4. The van der Waals surface area contributed by atoms with Crippen LogP contribution in [0.5, 0.6) is 0 Å². The van der Waals surface area contributed by atoms with Gasteiger partial charge in [0.1, 0.15) is 0 Å². The van der Waals surface area contributed by atoms with Gasteiger partial charge in [-0.1, -0.05) is 42.5 Å². The normalized spacial score (nSPS) is 12.1. The number of fused-ring (bicyclic) bond motifs is 1. The number of carbonyl (C=O) groups excluding carboxylic acids is 1. The summed E-state index contributed by atoms with van der Waals surface area (Å²) in [6, 6.07) is 14.1. The van der Waals surface area contributed by atoms with Crippen LogP contribution in [-0.2, 0) is 13.5 Å². The van der Waals surface area contributed by atoms with E-state index < -0.39 is 0 Å². The number of benzene rings is 2. The highest BCUT2D eigenvalue weighted by Gasteiger charge is 2.14. The predicted molar refractivity (Wildman–Crippen MR) is 91.4 cm³/mol. The monoisotopic (exact) mass is 324 g/mol. The molecule has 1 aromatic heterocycles. The lowest BCUT2D eigenvalue weighted by Crippen LogP contribution is -2.38. The molecular weight excluding hydrogens is 304 g/mol. The molecule has 2 aromatic carbocycles. The molecule has 0 saturated carbocycles. The molecule has 24 heavy (non-hydrogen) atoms. The van der Waals surface area contributed by atoms with Crippen LogP contribution in [0.1, 0.15) is 24.4 Å². The van der Waals surface area contributed by atoms with Crippen molar-refractivity contribution in [3.63, 3.8) is 0 Å². The number of rotatable bonds is 5. The SMILES string of the molecule is C[C@H](NC(=O)NCCc1ccc2ccccc2c1)c1nnnn1C. The maximum atomic E-state index is 12.0. The van der Waals surface area contributed by atoms with Gasteiger partial charge >= 0.3 is 6.03 Å². The summed E-state index contributed by atoms with van der Waals surface area (Å²) < 4.78 is 1.54. The highest BCUT2D eigenvalue weighted by atomic mass is 16.2. The smallest absolute Gasteiger partial charge is 0.315 e. The number of hydrogen-bond donors (Lipinski definition) is 2. The molecule has 0 radical (unpaired) electrons. The van der Waals surface area contributed by atoms with Crippen LogP contribution in [0.3, 0.4) is 0 Å². The zero-order valence-electron chi connectivity index (χ0n) is 13.7. The number of tetrazole rings is 1. The van der Waals surface area contributed by atoms with E-state index in [2.05, 4.69) is 56.5 Å². The molecule has 1 heterocycles. The third-order valence-electron chi connectivity index (χ3n) is 3.90. The van der Waals surface area contributed by atoms with Crippen LogP contribution in [0.25, 0.3) is 10.8 Å². The second-order valence-corrected chi connectivity index (χ2v) is 5.71. The molecule has 2 N–H and O–H groups in total. The van der Waals surface area contributed by atoms with Crippen molar-refractivity contribution in [3.8, 4) is 0 Å². The third kappa shape index (κ3) is 3.68. The van der Waals surface area contributed by atoms with Crippen LogP contribution in [0.2, 0.25) is 0 Å². The number of aryl methyl sites for hydroxylation is 1. The molecule has 0 aliphatic rings. The van der Waals surface area contributed by atoms with E-state index in [4.69, 9.17) is 0 Å². The van der Waals surface area contributed by atoms with Gasteiger partial charge < -0.3 is 10.6 Å². The van der Waals surface area contributed by atoms with E-state index in [1.165, 1.54) is 16.3 Å². The van der Waals surface area contributed by atoms with Crippen molar-refractivity contribution in [1.82, 2.24) is 30.8 Å². The minimum absolute atomic E-state index is 0.230. The van der Waals surface area contributed by atoms with Gasteiger partial charge in [-0.25, -0.2) is 9.48 Å². The Hall–Kier alpha value is -2.96. The second kappa shape index (κ2) is 7.08. The number of nitrogens with zero attached hydrogens (tertiary/aromatic N) is 4. The van der Waals surface area contributed by atoms with E-state index in [9.17, 15) is 4.79 Å². The molecule has 1 atom stereocenters. The lowest BCUT2D eigenvalue weighted by atomic mass is 10.1. The van der Waals surface area contributed by atoms with Gasteiger partial charge in [-0.15, -0.1) is 5.10 Å². The summed E-state index contributed by atoms with van der Waals surface area (Å²) in [6.45, 7) is 2.41. The van der Waals surface area contributed by atoms with Crippen molar-refractivity contribution in [1.29, 1.82) is 0 Å². The lowest BCUT2D eigenvalue weighted by molar-refractivity contribution is 0.237. The van der Waals surface area contributed by atoms with E-state index in [1.807, 2.05) is 19.1 Å². The van der Waals surface area contributed by atoms with E-state index in [0.717, 1.165) is 6.42 Å². The Morgan fingerprint density at radius 2 is 2.00 bits per heavy atom. The molecule has 124 valence electrons. The Kier molecular flexibility index (Phi) is 4.69. The van der Waals surface area contributed by atoms with Gasteiger partial charge in [0.15, 0.2) is 5.82 Å². The van der Waals surface area contributed by atoms with Crippen molar-refractivity contribution in [2.45, 2.75) is 19.4 Å². The standard InChI is InChI=1S/C17H20N6O/c1-12(16-20-21-22-23(16)2)19-17(24)18-10-9-13-7-8-14-5-3-4-6-15(14)11-13/h3-8,11-12H,9-10H2,1-2H3,(H2,18,19,24)/t12-/m0/s1. The summed E-state index contributed by atoms with van der Waals surface area (Å²) in [7, 11) is 1.74. The van der Waals surface area contributed by atoms with Crippen molar-refractivity contribution in [2.24, 2.45) is 7.05 Å². The molecular formula is C17H20N6O. The third-order valence-corrected chi connectivity index (χ3v) is 3.90. The first-order valence-electron chi connectivity index (χ1n) is 7.88. The van der Waals surface area contributed by atoms with Crippen LogP contribution < -0.4 is 10.6 Å². The van der Waals surface area contributed by atoms with Gasteiger partial charge in [-0.3, -0.25) is 0 Å². The Morgan fingerprint density at radius 3 is 2.75 bits per heavy atom. The minimum atomic E-state index is -0.259. The van der Waals surface area contributed by atoms with E-state index in [1.54, 1.807) is 11.7 Å². The molecule has 0 bridgehead atoms. The summed E-state index contributed by atoms with van der Waals surface area (Å²) in [6.07, 6.45) is 0.776. The van der Waals surface area contributed by atoms with Crippen molar-refractivity contribution in [3.05, 3.63) is 53.9 Å². The summed E-state index contributed by atoms with van der Waals surface area (Å²) >= 11 is 0. The summed E-state index contributed by atoms with van der Waals surface area (Å²) in [5, 5.41) is 19.3. The fraction of sp³-hybridized carbons (Fsp3) is 0.294. The summed E-state index contributed by atoms with van der Waals surface area (Å²) in [5.74, 6) is 0.611. The number of amides is 2. The largest absolute Gasteiger partial charge is 0.338 e. The Bertz CT molecular complexity index is 844. The zero-order chi connectivity index (χ0) is 16.9. The van der Waals surface area contributed by atoms with E-state index >= 15 is 0 Å². The minimum Gasteiger partial charge on any atom is -0.338 e. The number of hydrogen-bond acceptors (Lipinski definition) is 4. The van der Waals surface area contributed by atoms with E-state index in [0.29, 0.717) is 12.4 Å². The molecule has 7 nitrogen and oxygen atoms in total. The van der Waals surface area contributed by atoms with Gasteiger partial charge in [-0.05, 0) is 40.1 Å². The average Bonchev–Trinajstić information content (AvgIpc) is 3.01. The second-order valence-electron chi connectivity index (χ2n) is 5.71. The maximum absolute atomic E-state index is 12.0. The Balaban J connectivity index is 1.50. The summed E-state index contributed by atoms with van der Waals surface area (Å²) in [5.41, 5.74) is 1.19. The molecule has 7 heteroatoms. The number of urea groups is 1. The predicted octanol–water partition coefficient (Wildman–Crippen LogP) is 1.97. The van der Waals surface area contributed by atoms with Crippen molar-refractivity contribution < 1.29 is 4.79 Å². The topological polar surface area (TPSA) is 84.7 Å². The first kappa shape index (κ1) is 15.9. The molecule has 3 aromatic rings. The number of carbonyl (C=O) groups is 1. The molecule has 0 spiro atoms. The molecule has 0 fully saturated rings. The molecule has 0 aliphatic heterocycles. The van der Waals surface area contributed by atoms with Gasteiger partial charge in [0.2, 0.25) is 0 Å². The van der Waals surface area contributed by atoms with Crippen molar-refractivity contribution in [2.75, 3.05) is 6.54 Å². The quantitative estimate of drug-likeness (QED) is 0.751. The van der Waals surface area contributed by atoms with Gasteiger partial charge in [0.05, 0.1) is 6.04 Å². The lowest BCUT2D eigenvalue weighted by Gasteiger charge is -2.13. The maximum Gasteiger partial charge on any atom is 0.315 e. The van der Waals surface area contributed by atoms with Crippen LogP contribution in [0.4, 0.5) is 4.79 Å². The van der Waals surface area contributed by atoms with Gasteiger partial charge in [0.25, 0.3) is 0 Å².